The summed E-state index contributed by atoms with van der Waals surface area (Å²) in [5, 5.41) is 5.17. The second-order valence-electron chi connectivity index (χ2n) is 8.33. The first-order chi connectivity index (χ1) is 13.9. The van der Waals surface area contributed by atoms with Crippen LogP contribution in [0.4, 0.5) is 0 Å². The van der Waals surface area contributed by atoms with Crippen LogP contribution in [0, 0.1) is 13.8 Å². The van der Waals surface area contributed by atoms with Crippen LogP contribution < -0.4 is 0 Å². The van der Waals surface area contributed by atoms with Crippen molar-refractivity contribution in [2.24, 2.45) is 0 Å². The van der Waals surface area contributed by atoms with Crippen molar-refractivity contribution in [3.05, 3.63) is 46.2 Å². The maximum absolute atomic E-state index is 13.0. The fraction of sp³-hybridized carbons (Fsp3) is 0.545. The van der Waals surface area contributed by atoms with E-state index in [0.29, 0.717) is 11.1 Å². The van der Waals surface area contributed by atoms with Gasteiger partial charge in [0.1, 0.15) is 0 Å². The molecule has 2 fully saturated rings. The van der Waals surface area contributed by atoms with E-state index in [2.05, 4.69) is 21.9 Å². The van der Waals surface area contributed by atoms with Crippen LogP contribution in [0.25, 0.3) is 5.69 Å². The molecule has 1 unspecified atom stereocenters. The Balaban J connectivity index is 1.38. The Morgan fingerprint density at radius 3 is 2.34 bits per heavy atom. The molecule has 1 aromatic heterocycles. The maximum atomic E-state index is 13.0. The Morgan fingerprint density at radius 1 is 1.07 bits per heavy atom. The zero-order chi connectivity index (χ0) is 20.5. The number of aryl methyl sites for hydroxylation is 1. The Morgan fingerprint density at radius 2 is 1.76 bits per heavy atom. The van der Waals surface area contributed by atoms with E-state index in [1.807, 2.05) is 47.7 Å². The third-order valence-electron chi connectivity index (χ3n) is 6.28. The molecule has 2 aliphatic heterocycles. The van der Waals surface area contributed by atoms with Crippen LogP contribution >= 0.6 is 11.6 Å². The number of carbonyl (C=O) groups is 1. The van der Waals surface area contributed by atoms with Gasteiger partial charge in [-0.1, -0.05) is 11.6 Å². The largest absolute Gasteiger partial charge is 0.336 e. The minimum absolute atomic E-state index is 0.114. The molecule has 2 aromatic rings. The number of likely N-dealkylation sites (tertiary alicyclic amines) is 1. The number of hydrogen-bond acceptors (Lipinski definition) is 4. The molecule has 0 saturated carbocycles. The molecule has 6 nitrogen and oxygen atoms in total. The first-order valence-electron chi connectivity index (χ1n) is 10.5. The van der Waals surface area contributed by atoms with Gasteiger partial charge in [-0.2, -0.15) is 5.10 Å². The highest BCUT2D eigenvalue weighted by atomic mass is 35.5. The molecule has 0 bridgehead atoms. The molecule has 1 atom stereocenters. The molecule has 3 heterocycles. The summed E-state index contributed by atoms with van der Waals surface area (Å²) in [5.41, 5.74) is 3.37. The van der Waals surface area contributed by atoms with E-state index in [0.717, 1.165) is 55.4 Å². The van der Waals surface area contributed by atoms with Crippen molar-refractivity contribution in [2.45, 2.75) is 32.7 Å². The molecule has 4 rings (SSSR count). The van der Waals surface area contributed by atoms with Crippen molar-refractivity contribution in [2.75, 3.05) is 46.3 Å². The van der Waals surface area contributed by atoms with Gasteiger partial charge in [-0.15, -0.1) is 0 Å². The number of piperazine rings is 1. The zero-order valence-electron chi connectivity index (χ0n) is 17.6. The molecule has 7 heteroatoms. The predicted octanol–water partition coefficient (Wildman–Crippen LogP) is 2.99. The van der Waals surface area contributed by atoms with Gasteiger partial charge in [0.25, 0.3) is 5.91 Å². The lowest BCUT2D eigenvalue weighted by atomic mass is 10.0. The second kappa shape index (κ2) is 8.46. The highest BCUT2D eigenvalue weighted by Crippen LogP contribution is 2.23. The standard InChI is InChI=1S/C22H30ClN5O/c1-16-21(23)17(2)28(24-16)19-8-6-18(7-9-19)22(29)27-13-11-26(12-14-27)20-5-4-10-25(3)15-20/h6-9,20H,4-5,10-15H2,1-3H3. The molecule has 156 valence electrons. The number of hydrogen-bond donors (Lipinski definition) is 0. The van der Waals surface area contributed by atoms with Crippen LogP contribution in [0.3, 0.4) is 0 Å². The van der Waals surface area contributed by atoms with Crippen molar-refractivity contribution in [1.82, 2.24) is 24.5 Å². The number of likely N-dealkylation sites (N-methyl/N-ethyl adjacent to an activating group) is 1. The Hall–Kier alpha value is -1.89. The summed E-state index contributed by atoms with van der Waals surface area (Å²) in [6, 6.07) is 8.31. The lowest BCUT2D eigenvalue weighted by molar-refractivity contribution is 0.0452. The third-order valence-corrected chi connectivity index (χ3v) is 6.83. The van der Waals surface area contributed by atoms with Gasteiger partial charge in [-0.3, -0.25) is 9.69 Å². The first kappa shape index (κ1) is 20.4. The van der Waals surface area contributed by atoms with E-state index in [9.17, 15) is 4.79 Å². The number of benzene rings is 1. The van der Waals surface area contributed by atoms with Crippen LogP contribution in [0.15, 0.2) is 24.3 Å². The fourth-order valence-electron chi connectivity index (χ4n) is 4.53. The SMILES string of the molecule is Cc1nn(-c2ccc(C(=O)N3CCN(C4CCCN(C)C4)CC3)cc2)c(C)c1Cl. The van der Waals surface area contributed by atoms with Crippen molar-refractivity contribution >= 4 is 17.5 Å². The molecule has 29 heavy (non-hydrogen) atoms. The predicted molar refractivity (Wildman–Crippen MR) is 116 cm³/mol. The summed E-state index contributed by atoms with van der Waals surface area (Å²) in [5.74, 6) is 0.114. The number of nitrogens with zero attached hydrogens (tertiary/aromatic N) is 5. The van der Waals surface area contributed by atoms with E-state index in [-0.39, 0.29) is 5.91 Å². The summed E-state index contributed by atoms with van der Waals surface area (Å²) in [7, 11) is 2.20. The van der Waals surface area contributed by atoms with Gasteiger partial charge in [0.2, 0.25) is 0 Å². The first-order valence-corrected chi connectivity index (χ1v) is 10.9. The van der Waals surface area contributed by atoms with Gasteiger partial charge in [0.15, 0.2) is 0 Å². The third kappa shape index (κ3) is 4.20. The lowest BCUT2D eigenvalue weighted by Crippen LogP contribution is -2.55. The van der Waals surface area contributed by atoms with Crippen molar-refractivity contribution < 1.29 is 4.79 Å². The Labute approximate surface area is 178 Å². The van der Waals surface area contributed by atoms with E-state index < -0.39 is 0 Å². The minimum atomic E-state index is 0.114. The van der Waals surface area contributed by atoms with Crippen LogP contribution in [-0.2, 0) is 0 Å². The highest BCUT2D eigenvalue weighted by molar-refractivity contribution is 6.31. The quantitative estimate of drug-likeness (QED) is 0.773. The van der Waals surface area contributed by atoms with Gasteiger partial charge in [-0.05, 0) is 64.5 Å². The van der Waals surface area contributed by atoms with Gasteiger partial charge >= 0.3 is 0 Å². The van der Waals surface area contributed by atoms with Crippen molar-refractivity contribution in [3.63, 3.8) is 0 Å². The average Bonchev–Trinajstić information content (AvgIpc) is 3.01. The molecule has 1 amide bonds. The number of carbonyl (C=O) groups excluding carboxylic acids is 1. The number of piperidine rings is 1. The number of rotatable bonds is 3. The van der Waals surface area contributed by atoms with Gasteiger partial charge < -0.3 is 9.80 Å². The van der Waals surface area contributed by atoms with Crippen LogP contribution in [0.5, 0.6) is 0 Å². The van der Waals surface area contributed by atoms with Crippen LogP contribution in [-0.4, -0.2) is 82.7 Å². The van der Waals surface area contributed by atoms with E-state index in [4.69, 9.17) is 11.6 Å². The van der Waals surface area contributed by atoms with Gasteiger partial charge in [-0.25, -0.2) is 4.68 Å². The summed E-state index contributed by atoms with van der Waals surface area (Å²) in [6.07, 6.45) is 2.54. The highest BCUT2D eigenvalue weighted by Gasteiger charge is 2.28. The maximum Gasteiger partial charge on any atom is 0.253 e. The summed E-state index contributed by atoms with van der Waals surface area (Å²) in [6.45, 7) is 9.72. The molecular formula is C22H30ClN5O. The Kier molecular flexibility index (Phi) is 5.95. The molecule has 0 radical (unpaired) electrons. The number of aromatic nitrogens is 2. The van der Waals surface area contributed by atoms with E-state index >= 15 is 0 Å². The zero-order valence-corrected chi connectivity index (χ0v) is 18.3. The molecule has 0 N–H and O–H groups in total. The van der Waals surface area contributed by atoms with Gasteiger partial charge in [0.05, 0.1) is 22.1 Å². The Bertz CT molecular complexity index is 870. The summed E-state index contributed by atoms with van der Waals surface area (Å²) < 4.78 is 1.83. The molecular weight excluding hydrogens is 386 g/mol. The smallest absolute Gasteiger partial charge is 0.253 e. The molecule has 0 spiro atoms. The molecule has 1 aromatic carbocycles. The second-order valence-corrected chi connectivity index (χ2v) is 8.71. The molecule has 2 aliphatic rings. The van der Waals surface area contributed by atoms with Crippen molar-refractivity contribution in [1.29, 1.82) is 0 Å². The topological polar surface area (TPSA) is 44.6 Å². The lowest BCUT2D eigenvalue weighted by Gasteiger charge is -2.42. The molecule has 2 saturated heterocycles. The number of amides is 1. The minimum Gasteiger partial charge on any atom is -0.336 e. The fourth-order valence-corrected chi connectivity index (χ4v) is 4.65. The van der Waals surface area contributed by atoms with E-state index in [1.165, 1.54) is 19.4 Å². The van der Waals surface area contributed by atoms with Crippen LogP contribution in [0.1, 0.15) is 34.6 Å². The van der Waals surface area contributed by atoms with Gasteiger partial charge in [0, 0.05) is 44.3 Å². The van der Waals surface area contributed by atoms with Crippen molar-refractivity contribution in [3.8, 4) is 5.69 Å². The average molecular weight is 416 g/mol. The normalized spacial score (nSPS) is 21.5. The van der Waals surface area contributed by atoms with Crippen LogP contribution in [0.2, 0.25) is 5.02 Å². The number of halogens is 1. The molecule has 0 aliphatic carbocycles. The summed E-state index contributed by atoms with van der Waals surface area (Å²) >= 11 is 6.26. The monoisotopic (exact) mass is 415 g/mol. The van der Waals surface area contributed by atoms with E-state index in [1.54, 1.807) is 0 Å². The summed E-state index contributed by atoms with van der Waals surface area (Å²) in [4.78, 5) is 19.9.